The highest BCUT2D eigenvalue weighted by Gasteiger charge is 2.33. The van der Waals surface area contributed by atoms with Gasteiger partial charge in [-0.25, -0.2) is 13.2 Å². The smallest absolute Gasteiger partial charge is 0.337 e. The molecule has 0 bridgehead atoms. The van der Waals surface area contributed by atoms with E-state index in [9.17, 15) is 18.0 Å². The van der Waals surface area contributed by atoms with Crippen LogP contribution in [0.3, 0.4) is 0 Å². The highest BCUT2D eigenvalue weighted by Crippen LogP contribution is 2.26. The highest BCUT2D eigenvalue weighted by molar-refractivity contribution is 7.89. The summed E-state index contributed by atoms with van der Waals surface area (Å²) in [5.41, 5.74) is 1.25. The van der Waals surface area contributed by atoms with Crippen LogP contribution in [-0.4, -0.2) is 56.5 Å². The van der Waals surface area contributed by atoms with Crippen LogP contribution in [0.15, 0.2) is 52.4 Å². The number of rotatable bonds is 5. The van der Waals surface area contributed by atoms with Gasteiger partial charge in [-0.15, -0.1) is 0 Å². The normalized spacial score (nSPS) is 17.6. The van der Waals surface area contributed by atoms with Crippen molar-refractivity contribution in [3.63, 3.8) is 0 Å². The van der Waals surface area contributed by atoms with Gasteiger partial charge < -0.3 is 14.0 Å². The molecular formula is C23H25N3O6S2. The average Bonchev–Trinajstić information content (AvgIpc) is 3.17. The van der Waals surface area contributed by atoms with Gasteiger partial charge in [0.05, 0.1) is 40.8 Å². The Hall–Kier alpha value is -3.02. The molecule has 0 aliphatic carbocycles. The number of aryl methyl sites for hydroxylation is 1. The van der Waals surface area contributed by atoms with Gasteiger partial charge in [0.2, 0.25) is 10.0 Å². The molecule has 1 fully saturated rings. The van der Waals surface area contributed by atoms with Crippen molar-refractivity contribution in [2.75, 3.05) is 27.3 Å². The van der Waals surface area contributed by atoms with Crippen molar-refractivity contribution in [1.29, 1.82) is 0 Å². The second kappa shape index (κ2) is 9.69. The molecule has 0 saturated carbocycles. The molecule has 0 spiro atoms. The first-order chi connectivity index (χ1) is 16.2. The predicted octanol–water partition coefficient (Wildman–Crippen LogP) is 2.56. The number of carbonyl (C=O) groups excluding carboxylic acids is 2. The number of hydrogen-bond donors (Lipinski definition) is 0. The van der Waals surface area contributed by atoms with Crippen LogP contribution in [-0.2, 0) is 26.6 Å². The van der Waals surface area contributed by atoms with Gasteiger partial charge in [-0.05, 0) is 55.3 Å². The fourth-order valence-corrected chi connectivity index (χ4v) is 6.52. The standard InChI is InChI=1S/C23H25N3O6S2/c1-25-19-11-6-15(22(28)32-3)13-20(19)33-23(25)24-21(27)16-5-4-12-26(14-16)34(29,30)18-9-7-17(31-2)8-10-18/h6-11,13,16H,4-5,12,14H2,1-3H3. The van der Waals surface area contributed by atoms with Crippen LogP contribution in [0, 0.1) is 5.92 Å². The van der Waals surface area contributed by atoms with E-state index >= 15 is 0 Å². The third kappa shape index (κ3) is 4.63. The zero-order chi connectivity index (χ0) is 24.5. The lowest BCUT2D eigenvalue weighted by Gasteiger charge is -2.30. The SMILES string of the molecule is COC(=O)c1ccc2c(c1)sc(=NC(=O)C1CCCN(S(=O)(=O)c3ccc(OC)cc3)C1)n2C. The fraction of sp³-hybridized carbons (Fsp3) is 0.348. The van der Waals surface area contributed by atoms with Gasteiger partial charge in [0.1, 0.15) is 5.75 Å². The van der Waals surface area contributed by atoms with E-state index in [-0.39, 0.29) is 17.3 Å². The Bertz CT molecular complexity index is 1410. The molecule has 2 aromatic carbocycles. The first-order valence-corrected chi connectivity index (χ1v) is 12.9. The molecule has 0 radical (unpaired) electrons. The van der Waals surface area contributed by atoms with Crippen molar-refractivity contribution in [3.05, 3.63) is 52.8 Å². The molecule has 9 nitrogen and oxygen atoms in total. The summed E-state index contributed by atoms with van der Waals surface area (Å²) in [6, 6.07) is 11.4. The number of aromatic nitrogens is 1. The molecule has 3 aromatic rings. The van der Waals surface area contributed by atoms with Gasteiger partial charge in [0.15, 0.2) is 4.80 Å². The third-order valence-corrected chi connectivity index (χ3v) is 8.84. The lowest BCUT2D eigenvalue weighted by atomic mass is 9.99. The zero-order valence-electron chi connectivity index (χ0n) is 19.1. The van der Waals surface area contributed by atoms with E-state index in [1.54, 1.807) is 41.9 Å². The number of benzene rings is 2. The fourth-order valence-electron chi connectivity index (χ4n) is 3.93. The first kappa shape index (κ1) is 24.1. The van der Waals surface area contributed by atoms with E-state index in [4.69, 9.17) is 9.47 Å². The number of ether oxygens (including phenoxy) is 2. The maximum Gasteiger partial charge on any atom is 0.337 e. The summed E-state index contributed by atoms with van der Waals surface area (Å²) >= 11 is 1.29. The Balaban J connectivity index is 1.57. The van der Waals surface area contributed by atoms with Crippen molar-refractivity contribution in [2.45, 2.75) is 17.7 Å². The molecule has 1 aromatic heterocycles. The maximum atomic E-state index is 13.1. The third-order valence-electron chi connectivity index (χ3n) is 5.87. The summed E-state index contributed by atoms with van der Waals surface area (Å²) < 4.78 is 40.0. The average molecular weight is 504 g/mol. The summed E-state index contributed by atoms with van der Waals surface area (Å²) in [4.78, 5) is 29.8. The zero-order valence-corrected chi connectivity index (χ0v) is 20.7. The Labute approximate surface area is 201 Å². The van der Waals surface area contributed by atoms with Crippen LogP contribution in [0.25, 0.3) is 10.2 Å². The molecule has 11 heteroatoms. The molecule has 2 heterocycles. The van der Waals surface area contributed by atoms with Crippen LogP contribution >= 0.6 is 11.3 Å². The number of hydrogen-bond acceptors (Lipinski definition) is 7. The van der Waals surface area contributed by atoms with Gasteiger partial charge in [0, 0.05) is 20.1 Å². The Kier molecular flexibility index (Phi) is 6.87. The minimum atomic E-state index is -3.73. The minimum Gasteiger partial charge on any atom is -0.497 e. The van der Waals surface area contributed by atoms with Crippen molar-refractivity contribution in [3.8, 4) is 5.75 Å². The lowest BCUT2D eigenvalue weighted by Crippen LogP contribution is -2.42. The van der Waals surface area contributed by atoms with E-state index < -0.39 is 21.9 Å². The topological polar surface area (TPSA) is 107 Å². The van der Waals surface area contributed by atoms with Gasteiger partial charge >= 0.3 is 5.97 Å². The van der Waals surface area contributed by atoms with Gasteiger partial charge in [0.25, 0.3) is 5.91 Å². The molecular weight excluding hydrogens is 478 g/mol. The summed E-state index contributed by atoms with van der Waals surface area (Å²) in [6.45, 7) is 0.433. The molecule has 1 amide bonds. The van der Waals surface area contributed by atoms with Crippen molar-refractivity contribution in [1.82, 2.24) is 8.87 Å². The Morgan fingerprint density at radius 1 is 1.12 bits per heavy atom. The summed E-state index contributed by atoms with van der Waals surface area (Å²) in [6.07, 6.45) is 1.14. The van der Waals surface area contributed by atoms with Gasteiger partial charge in [-0.2, -0.15) is 9.30 Å². The lowest BCUT2D eigenvalue weighted by molar-refractivity contribution is -0.122. The molecule has 1 aliphatic heterocycles. The highest BCUT2D eigenvalue weighted by atomic mass is 32.2. The summed E-state index contributed by atoms with van der Waals surface area (Å²) in [7, 11) is 0.901. The summed E-state index contributed by atoms with van der Waals surface area (Å²) in [5, 5.41) is 0. The van der Waals surface area contributed by atoms with Crippen molar-refractivity contribution in [2.24, 2.45) is 18.0 Å². The largest absolute Gasteiger partial charge is 0.497 e. The molecule has 180 valence electrons. The molecule has 4 rings (SSSR count). The maximum absolute atomic E-state index is 13.1. The number of methoxy groups -OCH3 is 2. The van der Waals surface area contributed by atoms with E-state index in [0.29, 0.717) is 35.5 Å². The Morgan fingerprint density at radius 2 is 1.85 bits per heavy atom. The number of amides is 1. The number of esters is 1. The molecule has 1 atom stereocenters. The van der Waals surface area contributed by atoms with E-state index in [1.807, 2.05) is 0 Å². The van der Waals surface area contributed by atoms with Crippen molar-refractivity contribution >= 4 is 43.5 Å². The number of fused-ring (bicyclic) bond motifs is 1. The first-order valence-electron chi connectivity index (χ1n) is 10.6. The van der Waals surface area contributed by atoms with Crippen LogP contribution in [0.4, 0.5) is 0 Å². The number of carbonyl (C=O) groups is 2. The molecule has 1 aliphatic rings. The number of piperidine rings is 1. The minimum absolute atomic E-state index is 0.0811. The van der Waals surface area contributed by atoms with Crippen LogP contribution < -0.4 is 9.54 Å². The Morgan fingerprint density at radius 3 is 2.53 bits per heavy atom. The van der Waals surface area contributed by atoms with Crippen molar-refractivity contribution < 1.29 is 27.5 Å². The number of sulfonamides is 1. The predicted molar refractivity (Wildman–Crippen MR) is 127 cm³/mol. The van der Waals surface area contributed by atoms with Gasteiger partial charge in [-0.3, -0.25) is 4.79 Å². The van der Waals surface area contributed by atoms with Crippen LogP contribution in [0.5, 0.6) is 5.75 Å². The number of thiazole rings is 1. The molecule has 0 N–H and O–H groups in total. The second-order valence-electron chi connectivity index (χ2n) is 7.95. The number of nitrogens with zero attached hydrogens (tertiary/aromatic N) is 3. The van der Waals surface area contributed by atoms with Crippen LogP contribution in [0.1, 0.15) is 23.2 Å². The monoisotopic (exact) mass is 503 g/mol. The molecule has 1 unspecified atom stereocenters. The second-order valence-corrected chi connectivity index (χ2v) is 10.9. The molecule has 1 saturated heterocycles. The van der Waals surface area contributed by atoms with Gasteiger partial charge in [-0.1, -0.05) is 11.3 Å². The van der Waals surface area contributed by atoms with E-state index in [1.165, 1.54) is 42.0 Å². The quantitative estimate of drug-likeness (QED) is 0.496. The molecule has 34 heavy (non-hydrogen) atoms. The van der Waals surface area contributed by atoms with E-state index in [0.717, 1.165) is 10.2 Å². The van der Waals surface area contributed by atoms with E-state index in [2.05, 4.69) is 4.99 Å². The summed E-state index contributed by atoms with van der Waals surface area (Å²) in [5.74, 6) is -0.755. The van der Waals surface area contributed by atoms with Crippen LogP contribution in [0.2, 0.25) is 0 Å².